The number of hydrogen-bond acceptors (Lipinski definition) is 20. The lowest BCUT2D eigenvalue weighted by atomic mass is 9.88. The highest BCUT2D eigenvalue weighted by molar-refractivity contribution is 5.77. The topological polar surface area (TPSA) is 373 Å². The molecule has 3 rings (SSSR count). The lowest BCUT2D eigenvalue weighted by Gasteiger charge is -2.50. The second-order valence-electron chi connectivity index (χ2n) is 26.1. The number of carboxylic acid groups (broad SMARTS) is 1. The Balaban J connectivity index is 1.57. The van der Waals surface area contributed by atoms with E-state index in [1.807, 2.05) is 0 Å². The normalized spacial score (nSPS) is 28.4. The van der Waals surface area contributed by atoms with Crippen molar-refractivity contribution in [2.75, 3.05) is 26.4 Å². The van der Waals surface area contributed by atoms with Gasteiger partial charge in [-0.3, -0.25) is 9.59 Å². The summed E-state index contributed by atoms with van der Waals surface area (Å²) in [5.41, 5.74) is 0. The number of carboxylic acids is 1. The van der Waals surface area contributed by atoms with Gasteiger partial charge in [0.2, 0.25) is 11.8 Å². The summed E-state index contributed by atoms with van der Waals surface area (Å²) in [5, 5.41) is 136. The van der Waals surface area contributed by atoms with Crippen molar-refractivity contribution < 1.29 is 104 Å². The van der Waals surface area contributed by atoms with Crippen molar-refractivity contribution in [3.8, 4) is 0 Å². The summed E-state index contributed by atoms with van der Waals surface area (Å²) in [7, 11) is 0. The smallest absolute Gasteiger partial charge is 0.364 e. The van der Waals surface area contributed by atoms with Gasteiger partial charge in [0.1, 0.15) is 67.1 Å². The van der Waals surface area contributed by atoms with E-state index in [0.29, 0.717) is 19.3 Å². The largest absolute Gasteiger partial charge is 0.477 e. The third kappa shape index (κ3) is 31.5. The van der Waals surface area contributed by atoms with Crippen molar-refractivity contribution >= 4 is 17.8 Å². The molecule has 0 aromatic heterocycles. The molecular formula is C68H126N2O21. The summed E-state index contributed by atoms with van der Waals surface area (Å²) < 4.78 is 34.9. The Kier molecular flexibility index (Phi) is 44.6. The van der Waals surface area contributed by atoms with E-state index in [2.05, 4.69) is 36.6 Å². The molecule has 0 saturated carbocycles. The number of aliphatic hydroxyl groups excluding tert-OH is 11. The van der Waals surface area contributed by atoms with E-state index < -0.39 is 148 Å². The maximum Gasteiger partial charge on any atom is 0.364 e. The summed E-state index contributed by atoms with van der Waals surface area (Å²) in [4.78, 5) is 38.6. The number of aliphatic hydroxyl groups is 11. The number of rotatable bonds is 54. The minimum atomic E-state index is -3.08. The van der Waals surface area contributed by atoms with Crippen LogP contribution in [-0.2, 0) is 42.8 Å². The lowest BCUT2D eigenvalue weighted by Crippen LogP contribution is -2.70. The van der Waals surface area contributed by atoms with Gasteiger partial charge in [-0.2, -0.15) is 0 Å². The van der Waals surface area contributed by atoms with Crippen molar-refractivity contribution in [1.82, 2.24) is 10.6 Å². The van der Waals surface area contributed by atoms with Gasteiger partial charge >= 0.3 is 5.97 Å². The molecule has 2 amide bonds. The van der Waals surface area contributed by atoms with Gasteiger partial charge < -0.3 is 100 Å². The summed E-state index contributed by atoms with van der Waals surface area (Å²) in [5.74, 6) is -6.10. The predicted octanol–water partition coefficient (Wildman–Crippen LogP) is 6.68. The molecule has 0 aromatic rings. The average Bonchev–Trinajstić information content (AvgIpc) is 0.766. The van der Waals surface area contributed by atoms with Crippen molar-refractivity contribution in [2.24, 2.45) is 0 Å². The number of carbonyl (C=O) groups excluding carboxylic acids is 2. The second kappa shape index (κ2) is 49.1. The third-order valence-corrected chi connectivity index (χ3v) is 18.2. The van der Waals surface area contributed by atoms with Gasteiger partial charge in [0.05, 0.1) is 50.7 Å². The molecule has 3 heterocycles. The Hall–Kier alpha value is -2.53. The number of carbonyl (C=O) groups is 3. The van der Waals surface area contributed by atoms with Gasteiger partial charge in [0, 0.05) is 19.8 Å². The molecule has 91 heavy (non-hydrogen) atoms. The van der Waals surface area contributed by atoms with E-state index in [9.17, 15) is 75.7 Å². The minimum absolute atomic E-state index is 0.220. The fraction of sp³-hybridized carbons (Fsp3) is 0.926. The fourth-order valence-electron chi connectivity index (χ4n) is 12.5. The monoisotopic (exact) mass is 1310 g/mol. The third-order valence-electron chi connectivity index (χ3n) is 18.2. The van der Waals surface area contributed by atoms with E-state index in [1.165, 1.54) is 135 Å². The molecule has 0 radical (unpaired) electrons. The minimum Gasteiger partial charge on any atom is -0.477 e. The van der Waals surface area contributed by atoms with Gasteiger partial charge in [0.15, 0.2) is 12.6 Å². The van der Waals surface area contributed by atoms with Gasteiger partial charge in [-0.05, 0) is 38.5 Å². The van der Waals surface area contributed by atoms with Crippen LogP contribution in [0.4, 0.5) is 0 Å². The van der Waals surface area contributed by atoms with Crippen LogP contribution in [0.15, 0.2) is 12.2 Å². The first kappa shape index (κ1) is 82.7. The van der Waals surface area contributed by atoms with Crippen molar-refractivity contribution in [1.29, 1.82) is 0 Å². The number of hydrogen-bond donors (Lipinski definition) is 14. The average molecular weight is 1310 g/mol. The zero-order chi connectivity index (χ0) is 66.8. The highest BCUT2D eigenvalue weighted by Crippen LogP contribution is 2.39. The molecule has 0 aliphatic carbocycles. The van der Waals surface area contributed by atoms with Crippen molar-refractivity contribution in [3.63, 3.8) is 0 Å². The Labute approximate surface area is 543 Å². The number of nitrogens with one attached hydrogen (secondary N) is 2. The maximum atomic E-state index is 13.5. The fourth-order valence-corrected chi connectivity index (χ4v) is 12.5. The number of ether oxygens (including phenoxy) is 6. The van der Waals surface area contributed by atoms with Crippen LogP contribution >= 0.6 is 0 Å². The first-order chi connectivity index (χ1) is 43.9. The van der Waals surface area contributed by atoms with Gasteiger partial charge in [-0.15, -0.1) is 0 Å². The summed E-state index contributed by atoms with van der Waals surface area (Å²) in [6.07, 6.45) is 17.9. The van der Waals surface area contributed by atoms with E-state index in [0.717, 1.165) is 84.0 Å². The van der Waals surface area contributed by atoms with Gasteiger partial charge in [-0.1, -0.05) is 219 Å². The number of allylic oxidation sites excluding steroid dienone is 2. The van der Waals surface area contributed by atoms with Crippen LogP contribution in [0.3, 0.4) is 0 Å². The van der Waals surface area contributed by atoms with E-state index in [-0.39, 0.29) is 18.9 Å². The molecule has 3 saturated heterocycles. The Morgan fingerprint density at radius 3 is 1.48 bits per heavy atom. The number of unbranched alkanes of at least 4 members (excludes halogenated alkanes) is 32. The highest BCUT2D eigenvalue weighted by atomic mass is 16.8. The first-order valence-electron chi connectivity index (χ1n) is 35.5. The van der Waals surface area contributed by atoms with Crippen LogP contribution in [0.2, 0.25) is 0 Å². The summed E-state index contributed by atoms with van der Waals surface area (Å²) in [6, 6.07) is -2.53. The zero-order valence-corrected chi connectivity index (χ0v) is 55.7. The molecular weight excluding hydrogens is 1180 g/mol. The molecule has 14 N–H and O–H groups in total. The first-order valence-corrected chi connectivity index (χ1v) is 35.5. The molecule has 18 unspecified atom stereocenters. The van der Waals surface area contributed by atoms with Crippen LogP contribution < -0.4 is 10.6 Å². The molecule has 18 atom stereocenters. The molecule has 534 valence electrons. The van der Waals surface area contributed by atoms with Gasteiger partial charge in [0.25, 0.3) is 5.79 Å². The van der Waals surface area contributed by atoms with Gasteiger partial charge in [-0.25, -0.2) is 4.79 Å². The summed E-state index contributed by atoms with van der Waals surface area (Å²) in [6.45, 7) is 2.21. The Bertz CT molecular complexity index is 1890. The van der Waals surface area contributed by atoms with E-state index in [1.54, 1.807) is 0 Å². The second-order valence-corrected chi connectivity index (χ2v) is 26.1. The highest BCUT2D eigenvalue weighted by Gasteiger charge is 2.60. The number of amides is 2. The number of aliphatic carboxylic acids is 1. The van der Waals surface area contributed by atoms with Crippen LogP contribution in [0.1, 0.15) is 265 Å². The van der Waals surface area contributed by atoms with Crippen molar-refractivity contribution in [3.05, 3.63) is 12.2 Å². The molecule has 0 spiro atoms. The van der Waals surface area contributed by atoms with E-state index >= 15 is 0 Å². The summed E-state index contributed by atoms with van der Waals surface area (Å²) >= 11 is 0. The van der Waals surface area contributed by atoms with Crippen molar-refractivity contribution in [2.45, 2.75) is 375 Å². The molecule has 23 nitrogen and oxygen atoms in total. The van der Waals surface area contributed by atoms with Crippen LogP contribution in [0.5, 0.6) is 0 Å². The SMILES string of the molecule is CCCCCCCCCCCCCC/C=C\CCCCCCCCCC(=O)NC(COC1OC(CO)C(OC2OC(CO)C(O)C(OC3(C(=O)O)CC(O)C(NC(C)=O)C(C(O)C(O)CO)O3)C2O)C(O)C1O)C(O)CCCCCCCCCCCCCCCC. The molecule has 3 aliphatic heterocycles. The zero-order valence-electron chi connectivity index (χ0n) is 55.7. The van der Waals surface area contributed by atoms with Crippen LogP contribution in [-0.4, -0.2) is 215 Å². The molecule has 0 aromatic carbocycles. The van der Waals surface area contributed by atoms with E-state index in [4.69, 9.17) is 28.4 Å². The standard InChI is InChI=1S/C68H126N2O21/c1-4-6-8-10-12-14-16-18-20-21-22-23-24-25-26-27-28-30-32-34-36-38-40-42-55(78)70-49(50(75)41-39-37-35-33-31-29-19-17-15-13-11-9-7-5-2)47-86-65-60(82)59(81)62(54(46-73)88-65)89-66-61(83)64(58(80)53(45-72)87-66)91-68(67(84)85)43-51(76)56(69-48(3)74)63(90-68)57(79)52(77)44-71/h25-26,49-54,56-66,71-73,75-77,79-83H,4-24,27-47H2,1-3H3,(H,69,74)(H,70,78)(H,84,85)/b26-25-. The molecule has 3 fully saturated rings. The lowest BCUT2D eigenvalue weighted by molar-refractivity contribution is -0.386. The quantitative estimate of drug-likeness (QED) is 0.0223. The molecule has 23 heteroatoms. The maximum absolute atomic E-state index is 13.5. The Morgan fingerprint density at radius 1 is 0.560 bits per heavy atom. The van der Waals surface area contributed by atoms with Crippen LogP contribution in [0.25, 0.3) is 0 Å². The molecule has 3 aliphatic rings. The Morgan fingerprint density at radius 2 is 1.02 bits per heavy atom. The van der Waals surface area contributed by atoms with Crippen LogP contribution in [0, 0.1) is 0 Å². The molecule has 0 bridgehead atoms. The predicted molar refractivity (Wildman–Crippen MR) is 343 cm³/mol.